The molecule has 1 unspecified atom stereocenters. The molecule has 1 aromatic heterocycles. The van der Waals surface area contributed by atoms with Crippen molar-refractivity contribution in [2.75, 3.05) is 5.88 Å². The minimum Gasteiger partial charge on any atom is -0.229 e. The molecule has 1 aliphatic heterocycles. The summed E-state index contributed by atoms with van der Waals surface area (Å²) in [6.45, 7) is 0.959. The molecule has 0 bridgehead atoms. The van der Waals surface area contributed by atoms with Gasteiger partial charge in [0.1, 0.15) is 0 Å². The van der Waals surface area contributed by atoms with E-state index in [0.29, 0.717) is 11.8 Å². The van der Waals surface area contributed by atoms with E-state index in [-0.39, 0.29) is 0 Å². The summed E-state index contributed by atoms with van der Waals surface area (Å²) in [5.74, 6) is 2.19. The Labute approximate surface area is 75.9 Å². The van der Waals surface area contributed by atoms with Gasteiger partial charge >= 0.3 is 0 Å². The number of rotatable bonds is 2. The topological polar surface area (TPSA) is 43.6 Å². The molecule has 2 rings (SSSR count). The second-order valence-electron chi connectivity index (χ2n) is 3.08. The Morgan fingerprint density at radius 2 is 2.50 bits per heavy atom. The van der Waals surface area contributed by atoms with Crippen molar-refractivity contribution in [1.29, 1.82) is 0 Å². The van der Waals surface area contributed by atoms with Crippen molar-refractivity contribution in [2.45, 2.75) is 31.7 Å². The van der Waals surface area contributed by atoms with Crippen molar-refractivity contribution in [3.8, 4) is 0 Å². The van der Waals surface area contributed by atoms with Crippen molar-refractivity contribution in [3.05, 3.63) is 5.82 Å². The van der Waals surface area contributed by atoms with Crippen LogP contribution in [0.15, 0.2) is 0 Å². The van der Waals surface area contributed by atoms with Crippen LogP contribution in [-0.4, -0.2) is 26.1 Å². The third-order valence-electron chi connectivity index (χ3n) is 2.30. The van der Waals surface area contributed by atoms with Gasteiger partial charge < -0.3 is 0 Å². The molecule has 1 aliphatic rings. The Hall–Kier alpha value is -0.640. The number of hydrogen-bond acceptors (Lipinski definition) is 3. The van der Waals surface area contributed by atoms with Gasteiger partial charge in [-0.1, -0.05) is 0 Å². The van der Waals surface area contributed by atoms with Crippen molar-refractivity contribution < 1.29 is 0 Å². The zero-order chi connectivity index (χ0) is 8.39. The first-order chi connectivity index (χ1) is 5.92. The van der Waals surface area contributed by atoms with E-state index in [4.69, 9.17) is 11.6 Å². The van der Waals surface area contributed by atoms with Crippen LogP contribution in [0.5, 0.6) is 0 Å². The van der Waals surface area contributed by atoms with Crippen LogP contribution < -0.4 is 0 Å². The van der Waals surface area contributed by atoms with Gasteiger partial charge in [0.2, 0.25) is 0 Å². The Kier molecular flexibility index (Phi) is 2.26. The second-order valence-corrected chi connectivity index (χ2v) is 3.46. The highest BCUT2D eigenvalue weighted by atomic mass is 35.5. The summed E-state index contributed by atoms with van der Waals surface area (Å²) in [5, 5.41) is 11.6. The monoisotopic (exact) mass is 186 g/mol. The van der Waals surface area contributed by atoms with E-state index in [0.717, 1.165) is 18.8 Å². The smallest absolute Gasteiger partial charge is 0.154 e. The lowest BCUT2D eigenvalue weighted by Crippen LogP contribution is -2.17. The van der Waals surface area contributed by atoms with Crippen LogP contribution in [0.3, 0.4) is 0 Å². The predicted molar refractivity (Wildman–Crippen MR) is 45.1 cm³/mol. The lowest BCUT2D eigenvalue weighted by Gasteiger charge is -2.19. The van der Waals surface area contributed by atoms with Crippen LogP contribution in [0, 0.1) is 0 Å². The van der Waals surface area contributed by atoms with E-state index >= 15 is 0 Å². The van der Waals surface area contributed by atoms with Crippen molar-refractivity contribution >= 4 is 11.6 Å². The number of alkyl halides is 1. The Bertz CT molecular complexity index is 260. The molecule has 0 aromatic carbocycles. The summed E-state index contributed by atoms with van der Waals surface area (Å²) < 4.78 is 1.89. The van der Waals surface area contributed by atoms with E-state index < -0.39 is 0 Å². The van der Waals surface area contributed by atoms with E-state index in [1.54, 1.807) is 0 Å². The molecule has 0 saturated carbocycles. The van der Waals surface area contributed by atoms with Gasteiger partial charge in [-0.05, 0) is 29.7 Å². The fraction of sp³-hybridized carbons (Fsp3) is 0.857. The normalized spacial score (nSPS) is 22.2. The molecule has 0 spiro atoms. The first kappa shape index (κ1) is 7.98. The van der Waals surface area contributed by atoms with Gasteiger partial charge in [0.15, 0.2) is 5.82 Å². The van der Waals surface area contributed by atoms with E-state index in [2.05, 4.69) is 15.5 Å². The van der Waals surface area contributed by atoms with Crippen molar-refractivity contribution in [3.63, 3.8) is 0 Å². The third kappa shape index (κ3) is 1.31. The number of hydrogen-bond donors (Lipinski definition) is 0. The van der Waals surface area contributed by atoms with Crippen LogP contribution in [0.2, 0.25) is 0 Å². The SMILES string of the molecule is ClCCC1CCCn2nnnc21. The number of nitrogens with zero attached hydrogens (tertiary/aromatic N) is 4. The average molecular weight is 187 g/mol. The summed E-state index contributed by atoms with van der Waals surface area (Å²) in [6, 6.07) is 0. The quantitative estimate of drug-likeness (QED) is 0.652. The number of aromatic nitrogens is 4. The lowest BCUT2D eigenvalue weighted by atomic mass is 9.97. The number of fused-ring (bicyclic) bond motifs is 1. The molecule has 0 radical (unpaired) electrons. The van der Waals surface area contributed by atoms with Crippen molar-refractivity contribution in [2.24, 2.45) is 0 Å². The predicted octanol–water partition coefficient (Wildman–Crippen LogP) is 1.18. The fourth-order valence-corrected chi connectivity index (χ4v) is 1.95. The average Bonchev–Trinajstić information content (AvgIpc) is 2.53. The Balaban J connectivity index is 2.19. The van der Waals surface area contributed by atoms with Gasteiger partial charge in [0, 0.05) is 18.3 Å². The highest BCUT2D eigenvalue weighted by molar-refractivity contribution is 6.17. The second kappa shape index (κ2) is 3.39. The summed E-state index contributed by atoms with van der Waals surface area (Å²) in [6.07, 6.45) is 3.33. The molecule has 0 amide bonds. The molecule has 66 valence electrons. The molecule has 1 atom stereocenters. The summed E-state index contributed by atoms with van der Waals surface area (Å²) in [7, 11) is 0. The Morgan fingerprint density at radius 3 is 3.33 bits per heavy atom. The summed E-state index contributed by atoms with van der Waals surface area (Å²) in [4.78, 5) is 0. The van der Waals surface area contributed by atoms with Gasteiger partial charge in [0.05, 0.1) is 0 Å². The molecule has 12 heavy (non-hydrogen) atoms. The first-order valence-electron chi connectivity index (χ1n) is 4.24. The van der Waals surface area contributed by atoms with Crippen LogP contribution in [0.1, 0.15) is 31.0 Å². The maximum absolute atomic E-state index is 5.69. The highest BCUT2D eigenvalue weighted by Gasteiger charge is 2.22. The maximum atomic E-state index is 5.69. The summed E-state index contributed by atoms with van der Waals surface area (Å²) >= 11 is 5.69. The van der Waals surface area contributed by atoms with Gasteiger partial charge in [-0.3, -0.25) is 0 Å². The van der Waals surface area contributed by atoms with E-state index in [1.165, 1.54) is 12.8 Å². The van der Waals surface area contributed by atoms with Gasteiger partial charge in [0.25, 0.3) is 0 Å². The maximum Gasteiger partial charge on any atom is 0.154 e. The molecule has 0 fully saturated rings. The van der Waals surface area contributed by atoms with Crippen LogP contribution in [0.4, 0.5) is 0 Å². The minimum atomic E-state index is 0.478. The van der Waals surface area contributed by atoms with Gasteiger partial charge in [-0.2, -0.15) is 0 Å². The molecule has 0 aliphatic carbocycles. The lowest BCUT2D eigenvalue weighted by molar-refractivity contribution is 0.408. The number of tetrazole rings is 1. The molecular weight excluding hydrogens is 176 g/mol. The fourth-order valence-electron chi connectivity index (χ4n) is 1.68. The van der Waals surface area contributed by atoms with Crippen LogP contribution >= 0.6 is 11.6 Å². The molecule has 0 saturated heterocycles. The van der Waals surface area contributed by atoms with Gasteiger partial charge in [-0.15, -0.1) is 16.7 Å². The number of halogens is 1. The van der Waals surface area contributed by atoms with Crippen LogP contribution in [-0.2, 0) is 6.54 Å². The molecule has 4 nitrogen and oxygen atoms in total. The molecule has 2 heterocycles. The summed E-state index contributed by atoms with van der Waals surface area (Å²) in [5.41, 5.74) is 0. The van der Waals surface area contributed by atoms with E-state index in [1.807, 2.05) is 4.68 Å². The Morgan fingerprint density at radius 1 is 1.58 bits per heavy atom. The standard InChI is InChI=1S/C7H11ClN4/c8-4-3-6-2-1-5-12-7(6)9-10-11-12/h6H,1-5H2. The van der Waals surface area contributed by atoms with E-state index in [9.17, 15) is 0 Å². The minimum absolute atomic E-state index is 0.478. The third-order valence-corrected chi connectivity index (χ3v) is 2.52. The molecule has 0 N–H and O–H groups in total. The van der Waals surface area contributed by atoms with Crippen LogP contribution in [0.25, 0.3) is 0 Å². The zero-order valence-corrected chi connectivity index (χ0v) is 7.54. The molecular formula is C7H11ClN4. The van der Waals surface area contributed by atoms with Crippen molar-refractivity contribution in [1.82, 2.24) is 20.2 Å². The zero-order valence-electron chi connectivity index (χ0n) is 6.78. The first-order valence-corrected chi connectivity index (χ1v) is 4.77. The number of aryl methyl sites for hydroxylation is 1. The highest BCUT2D eigenvalue weighted by Crippen LogP contribution is 2.27. The molecule has 1 aromatic rings. The molecule has 5 heteroatoms. The largest absolute Gasteiger partial charge is 0.229 e. The van der Waals surface area contributed by atoms with Gasteiger partial charge in [-0.25, -0.2) is 4.68 Å².